The molecular weight excluding hydrogens is 354 g/mol. The average Bonchev–Trinajstić information content (AvgIpc) is 2.45. The van der Waals surface area contributed by atoms with Crippen molar-refractivity contribution < 1.29 is 9.53 Å². The minimum absolute atomic E-state index is 0.236. The van der Waals surface area contributed by atoms with E-state index in [0.29, 0.717) is 28.6 Å². The predicted molar refractivity (Wildman–Crippen MR) is 89.5 cm³/mol. The topological polar surface area (TPSA) is 38.3 Å². The van der Waals surface area contributed by atoms with Gasteiger partial charge in [0.05, 0.1) is 12.2 Å². The second-order valence-corrected chi connectivity index (χ2v) is 5.81. The number of carbonyl (C=O) groups is 1. The summed E-state index contributed by atoms with van der Waals surface area (Å²) in [6.45, 7) is 4.29. The summed E-state index contributed by atoms with van der Waals surface area (Å²) in [6.07, 6.45) is 0. The maximum atomic E-state index is 12.4. The molecule has 110 valence electrons. The molecular formula is C16H15BrClNO2. The number of aryl methyl sites for hydroxylation is 1. The number of halogens is 2. The SMILES string of the molecule is CCOc1ccc(Br)cc1C(=O)Nc1ccc(C)c(Cl)c1. The Labute approximate surface area is 137 Å². The van der Waals surface area contributed by atoms with Crippen LogP contribution < -0.4 is 10.1 Å². The second kappa shape index (κ2) is 6.96. The maximum absolute atomic E-state index is 12.4. The zero-order valence-electron chi connectivity index (χ0n) is 11.7. The Balaban J connectivity index is 2.27. The smallest absolute Gasteiger partial charge is 0.259 e. The Kier molecular flexibility index (Phi) is 5.26. The molecule has 0 aromatic heterocycles. The first-order valence-electron chi connectivity index (χ1n) is 6.51. The second-order valence-electron chi connectivity index (χ2n) is 4.49. The van der Waals surface area contributed by atoms with Crippen molar-refractivity contribution in [3.63, 3.8) is 0 Å². The van der Waals surface area contributed by atoms with Gasteiger partial charge in [-0.3, -0.25) is 4.79 Å². The molecule has 0 saturated carbocycles. The Morgan fingerprint density at radius 3 is 2.71 bits per heavy atom. The van der Waals surface area contributed by atoms with Gasteiger partial charge < -0.3 is 10.1 Å². The third-order valence-corrected chi connectivity index (χ3v) is 3.82. The summed E-state index contributed by atoms with van der Waals surface area (Å²) in [7, 11) is 0. The number of carbonyl (C=O) groups excluding carboxylic acids is 1. The number of rotatable bonds is 4. The molecule has 0 bridgehead atoms. The molecule has 0 spiro atoms. The van der Waals surface area contributed by atoms with Crippen LogP contribution in [0.15, 0.2) is 40.9 Å². The van der Waals surface area contributed by atoms with Crippen LogP contribution in [0.5, 0.6) is 5.75 Å². The quantitative estimate of drug-likeness (QED) is 0.819. The van der Waals surface area contributed by atoms with Crippen molar-refractivity contribution in [2.45, 2.75) is 13.8 Å². The Morgan fingerprint density at radius 2 is 2.05 bits per heavy atom. The van der Waals surface area contributed by atoms with Crippen LogP contribution >= 0.6 is 27.5 Å². The van der Waals surface area contributed by atoms with Gasteiger partial charge in [-0.25, -0.2) is 0 Å². The van der Waals surface area contributed by atoms with Crippen LogP contribution in [-0.4, -0.2) is 12.5 Å². The number of amides is 1. The molecule has 0 saturated heterocycles. The van der Waals surface area contributed by atoms with Crippen molar-refractivity contribution in [3.8, 4) is 5.75 Å². The van der Waals surface area contributed by atoms with Gasteiger partial charge in [-0.15, -0.1) is 0 Å². The van der Waals surface area contributed by atoms with E-state index in [0.717, 1.165) is 10.0 Å². The van der Waals surface area contributed by atoms with Crippen molar-refractivity contribution in [1.82, 2.24) is 0 Å². The van der Waals surface area contributed by atoms with Gasteiger partial charge in [0.1, 0.15) is 5.75 Å². The summed E-state index contributed by atoms with van der Waals surface area (Å²) >= 11 is 9.43. The zero-order valence-corrected chi connectivity index (χ0v) is 14.1. The van der Waals surface area contributed by atoms with E-state index in [-0.39, 0.29) is 5.91 Å². The third-order valence-electron chi connectivity index (χ3n) is 2.92. The van der Waals surface area contributed by atoms with Crippen LogP contribution in [0.3, 0.4) is 0 Å². The molecule has 2 aromatic carbocycles. The van der Waals surface area contributed by atoms with Crippen LogP contribution in [0.25, 0.3) is 0 Å². The van der Waals surface area contributed by atoms with Crippen LogP contribution in [0.2, 0.25) is 5.02 Å². The molecule has 0 aliphatic rings. The lowest BCUT2D eigenvalue weighted by atomic mass is 10.1. The van der Waals surface area contributed by atoms with E-state index in [1.165, 1.54) is 0 Å². The summed E-state index contributed by atoms with van der Waals surface area (Å²) in [5.74, 6) is 0.316. The summed E-state index contributed by atoms with van der Waals surface area (Å²) in [4.78, 5) is 12.4. The molecule has 0 radical (unpaired) electrons. The van der Waals surface area contributed by atoms with Crippen LogP contribution in [0, 0.1) is 6.92 Å². The standard InChI is InChI=1S/C16H15BrClNO2/c1-3-21-15-7-5-11(17)8-13(15)16(20)19-12-6-4-10(2)14(18)9-12/h4-9H,3H2,1-2H3,(H,19,20). The summed E-state index contributed by atoms with van der Waals surface area (Å²) in [5, 5.41) is 3.45. The van der Waals surface area contributed by atoms with Gasteiger partial charge in [0.15, 0.2) is 0 Å². The van der Waals surface area contributed by atoms with Gasteiger partial charge in [-0.1, -0.05) is 33.6 Å². The number of ether oxygens (including phenoxy) is 1. The fourth-order valence-corrected chi connectivity index (χ4v) is 2.37. The molecule has 0 aliphatic heterocycles. The fraction of sp³-hybridized carbons (Fsp3) is 0.188. The van der Waals surface area contributed by atoms with Crippen LogP contribution in [-0.2, 0) is 0 Å². The Bertz CT molecular complexity index is 673. The monoisotopic (exact) mass is 367 g/mol. The normalized spacial score (nSPS) is 10.3. The minimum Gasteiger partial charge on any atom is -0.493 e. The highest BCUT2D eigenvalue weighted by molar-refractivity contribution is 9.10. The Hall–Kier alpha value is -1.52. The number of hydrogen-bond acceptors (Lipinski definition) is 2. The summed E-state index contributed by atoms with van der Waals surface area (Å²) in [5.41, 5.74) is 2.09. The van der Waals surface area contributed by atoms with Crippen molar-refractivity contribution in [2.24, 2.45) is 0 Å². The van der Waals surface area contributed by atoms with Gasteiger partial charge in [0.25, 0.3) is 5.91 Å². The van der Waals surface area contributed by atoms with Crippen molar-refractivity contribution in [1.29, 1.82) is 0 Å². The van der Waals surface area contributed by atoms with Gasteiger partial charge in [0.2, 0.25) is 0 Å². The molecule has 0 aliphatic carbocycles. The first-order valence-corrected chi connectivity index (χ1v) is 7.68. The molecule has 3 nitrogen and oxygen atoms in total. The zero-order chi connectivity index (χ0) is 15.4. The molecule has 0 fully saturated rings. The fourth-order valence-electron chi connectivity index (χ4n) is 1.83. The van der Waals surface area contributed by atoms with Crippen molar-refractivity contribution in [2.75, 3.05) is 11.9 Å². The van der Waals surface area contributed by atoms with Crippen LogP contribution in [0.4, 0.5) is 5.69 Å². The summed E-state index contributed by atoms with van der Waals surface area (Å²) in [6, 6.07) is 10.7. The van der Waals surface area contributed by atoms with E-state index >= 15 is 0 Å². The summed E-state index contributed by atoms with van der Waals surface area (Å²) < 4.78 is 6.30. The average molecular weight is 369 g/mol. The van der Waals surface area contributed by atoms with E-state index in [1.807, 2.05) is 32.0 Å². The highest BCUT2D eigenvalue weighted by Gasteiger charge is 2.13. The maximum Gasteiger partial charge on any atom is 0.259 e. The van der Waals surface area contributed by atoms with E-state index in [1.54, 1.807) is 18.2 Å². The van der Waals surface area contributed by atoms with Gasteiger partial charge in [-0.05, 0) is 49.7 Å². The van der Waals surface area contributed by atoms with Gasteiger partial charge in [-0.2, -0.15) is 0 Å². The van der Waals surface area contributed by atoms with Crippen molar-refractivity contribution in [3.05, 3.63) is 57.0 Å². The molecule has 0 unspecified atom stereocenters. The Morgan fingerprint density at radius 1 is 1.29 bits per heavy atom. The number of nitrogens with one attached hydrogen (secondary N) is 1. The molecule has 0 atom stereocenters. The van der Waals surface area contributed by atoms with Gasteiger partial charge in [0, 0.05) is 15.2 Å². The lowest BCUT2D eigenvalue weighted by Crippen LogP contribution is -2.13. The highest BCUT2D eigenvalue weighted by atomic mass is 79.9. The minimum atomic E-state index is -0.236. The van der Waals surface area contributed by atoms with Crippen LogP contribution in [0.1, 0.15) is 22.8 Å². The lowest BCUT2D eigenvalue weighted by molar-refractivity contribution is 0.102. The molecule has 1 amide bonds. The number of benzene rings is 2. The third kappa shape index (κ3) is 3.99. The van der Waals surface area contributed by atoms with E-state index in [9.17, 15) is 4.79 Å². The highest BCUT2D eigenvalue weighted by Crippen LogP contribution is 2.25. The predicted octanol–water partition coefficient (Wildman–Crippen LogP) is 5.06. The largest absolute Gasteiger partial charge is 0.493 e. The van der Waals surface area contributed by atoms with E-state index < -0.39 is 0 Å². The first-order chi connectivity index (χ1) is 10.0. The molecule has 2 rings (SSSR count). The van der Waals surface area contributed by atoms with Gasteiger partial charge >= 0.3 is 0 Å². The molecule has 5 heteroatoms. The molecule has 0 heterocycles. The van der Waals surface area contributed by atoms with E-state index in [4.69, 9.17) is 16.3 Å². The van der Waals surface area contributed by atoms with E-state index in [2.05, 4.69) is 21.2 Å². The number of anilines is 1. The first kappa shape index (κ1) is 15.9. The lowest BCUT2D eigenvalue weighted by Gasteiger charge is -2.11. The van der Waals surface area contributed by atoms with Crippen molar-refractivity contribution >= 4 is 39.1 Å². The number of hydrogen-bond donors (Lipinski definition) is 1. The molecule has 1 N–H and O–H groups in total. The molecule has 21 heavy (non-hydrogen) atoms. The molecule has 2 aromatic rings.